The Kier molecular flexibility index (Phi) is 6.89. The molecule has 0 aliphatic heterocycles. The summed E-state index contributed by atoms with van der Waals surface area (Å²) in [5, 5.41) is 0. The molecule has 27 heavy (non-hydrogen) atoms. The lowest BCUT2D eigenvalue weighted by Crippen LogP contribution is -2.68. The van der Waals surface area contributed by atoms with Crippen molar-refractivity contribution in [1.29, 1.82) is 0 Å². The van der Waals surface area contributed by atoms with E-state index < -0.39 is 20.3 Å². The number of aromatic nitrogens is 1. The lowest BCUT2D eigenvalue weighted by molar-refractivity contribution is -2.00. The third kappa shape index (κ3) is 7.23. The second kappa shape index (κ2) is 8.76. The van der Waals surface area contributed by atoms with Gasteiger partial charge in [-0.25, -0.2) is 18.6 Å². The van der Waals surface area contributed by atoms with Crippen LogP contribution < -0.4 is 27.5 Å². The monoisotopic (exact) mass is 430 g/mol. The minimum absolute atomic E-state index is 0.250. The zero-order valence-corrected chi connectivity index (χ0v) is 16.3. The van der Waals surface area contributed by atoms with Crippen LogP contribution in [0.3, 0.4) is 0 Å². The third-order valence-corrected chi connectivity index (χ3v) is 5.58. The first-order valence-corrected chi connectivity index (χ1v) is 10.8. The van der Waals surface area contributed by atoms with Crippen molar-refractivity contribution < 1.29 is 41.4 Å². The molecule has 1 N–H and O–H groups in total. The number of nitrogens with one attached hydrogen (secondary N) is 1. The van der Waals surface area contributed by atoms with E-state index in [0.717, 1.165) is 16.0 Å². The van der Waals surface area contributed by atoms with E-state index in [4.69, 9.17) is 18.6 Å². The van der Waals surface area contributed by atoms with Crippen LogP contribution in [0, 0.1) is 17.2 Å². The Morgan fingerprint density at radius 3 is 2.04 bits per heavy atom. The van der Waals surface area contributed by atoms with Gasteiger partial charge in [0.25, 0.3) is 0 Å². The van der Waals surface area contributed by atoms with Crippen molar-refractivity contribution in [3.63, 3.8) is 0 Å². The second-order valence-electron chi connectivity index (χ2n) is 5.25. The molecule has 0 atom stereocenters. The van der Waals surface area contributed by atoms with Crippen LogP contribution in [-0.2, 0) is 10.0 Å². The molecule has 0 bridgehead atoms. The van der Waals surface area contributed by atoms with Gasteiger partial charge in [-0.3, -0.25) is 0 Å². The average molecular weight is 431 g/mol. The molecule has 0 fully saturated rings. The van der Waals surface area contributed by atoms with Crippen LogP contribution in [0.2, 0.25) is 0 Å². The summed E-state index contributed by atoms with van der Waals surface area (Å²) in [5.74, 6) is 0. The maximum atomic E-state index is 12.3. The van der Waals surface area contributed by atoms with E-state index >= 15 is 0 Å². The molecule has 1 heterocycles. The Balaban J connectivity index is 0.000000465. The van der Waals surface area contributed by atoms with Crippen LogP contribution in [-0.4, -0.2) is 8.42 Å². The molecule has 2 aromatic carbocycles. The van der Waals surface area contributed by atoms with Gasteiger partial charge in [-0.05, 0) is 28.7 Å². The largest absolute Gasteiger partial charge is 0.307 e. The van der Waals surface area contributed by atoms with Crippen LogP contribution in [0.15, 0.2) is 71.8 Å². The highest BCUT2D eigenvalue weighted by atomic mass is 35.7. The number of halogens is 1. The van der Waals surface area contributed by atoms with E-state index in [9.17, 15) is 8.42 Å². The molecule has 3 aromatic rings. The van der Waals surface area contributed by atoms with Gasteiger partial charge in [-0.2, -0.15) is 8.42 Å². The Labute approximate surface area is 162 Å². The minimum atomic E-state index is -4.94. The molecule has 0 unspecified atom stereocenters. The molecule has 0 spiro atoms. The third-order valence-electron chi connectivity index (χ3n) is 3.16. The minimum Gasteiger partial charge on any atom is -0.222 e. The fourth-order valence-corrected chi connectivity index (χ4v) is 4.03. The number of aryl methyl sites for hydroxylation is 1. The first-order valence-electron chi connectivity index (χ1n) is 7.33. The Morgan fingerprint density at radius 2 is 1.48 bits per heavy atom. The smallest absolute Gasteiger partial charge is 0.222 e. The summed E-state index contributed by atoms with van der Waals surface area (Å²) < 4.78 is 60.1. The fraction of sp³-hybridized carbons (Fsp3) is 0.0625. The van der Waals surface area contributed by atoms with Gasteiger partial charge in [0.05, 0.1) is 4.90 Å². The van der Waals surface area contributed by atoms with Crippen molar-refractivity contribution in [2.75, 3.05) is 4.83 Å². The first kappa shape index (κ1) is 21.3. The van der Waals surface area contributed by atoms with Gasteiger partial charge in [-0.15, -0.1) is 10.2 Å². The summed E-state index contributed by atoms with van der Waals surface area (Å²) >= 11 is 1.34. The summed E-state index contributed by atoms with van der Waals surface area (Å²) in [6, 6.07) is 18.5. The van der Waals surface area contributed by atoms with Gasteiger partial charge < -0.3 is 0 Å². The standard InChI is InChI=1S/C16H15N2O2S2.ClHO4/c1-13-7-9-15(10-8-13)22(19,20)17-18-12-11-16(21-18)14-5-3-2-4-6-14;2-1(3,4)5/h2-12,17H,1H3;(H,2,3,4,5)/q+1;/p-1. The van der Waals surface area contributed by atoms with Gasteiger partial charge >= 0.3 is 10.0 Å². The summed E-state index contributed by atoms with van der Waals surface area (Å²) in [7, 11) is -8.52. The predicted octanol–water partition coefficient (Wildman–Crippen LogP) is -1.81. The van der Waals surface area contributed by atoms with Crippen molar-refractivity contribution in [3.05, 3.63) is 72.4 Å². The summed E-state index contributed by atoms with van der Waals surface area (Å²) in [6.07, 6.45) is 1.71. The molecule has 0 aliphatic carbocycles. The molecule has 1 aromatic heterocycles. The maximum Gasteiger partial charge on any atom is 0.307 e. The van der Waals surface area contributed by atoms with E-state index in [-0.39, 0.29) is 4.90 Å². The second-order valence-corrected chi connectivity index (χ2v) is 8.68. The van der Waals surface area contributed by atoms with E-state index in [1.54, 1.807) is 30.5 Å². The van der Waals surface area contributed by atoms with Crippen molar-refractivity contribution in [2.24, 2.45) is 0 Å². The molecule has 0 aliphatic rings. The highest BCUT2D eigenvalue weighted by Crippen LogP contribution is 2.21. The molecule has 11 heteroatoms. The van der Waals surface area contributed by atoms with E-state index in [1.807, 2.05) is 43.3 Å². The SMILES string of the molecule is Cc1ccc(S(=O)(=O)N[n+]2ccc(-c3ccccc3)s2)cc1.[O-][Cl+3]([O-])([O-])[O-]. The number of hydrogen-bond acceptors (Lipinski definition) is 7. The van der Waals surface area contributed by atoms with Crippen molar-refractivity contribution >= 4 is 21.6 Å². The van der Waals surface area contributed by atoms with Gasteiger partial charge in [0, 0.05) is 6.07 Å². The number of sulfonamides is 1. The van der Waals surface area contributed by atoms with E-state index in [2.05, 4.69) is 4.83 Å². The van der Waals surface area contributed by atoms with Gasteiger partial charge in [0.15, 0.2) is 11.5 Å². The highest BCUT2D eigenvalue weighted by molar-refractivity contribution is 7.92. The number of benzene rings is 2. The summed E-state index contributed by atoms with van der Waals surface area (Å²) in [4.78, 5) is 3.79. The zero-order valence-electron chi connectivity index (χ0n) is 13.9. The van der Waals surface area contributed by atoms with E-state index in [0.29, 0.717) is 0 Å². The Morgan fingerprint density at radius 1 is 0.926 bits per heavy atom. The van der Waals surface area contributed by atoms with Gasteiger partial charge in [-0.1, -0.05) is 52.9 Å². The molecular weight excluding hydrogens is 416 g/mol. The van der Waals surface area contributed by atoms with Crippen LogP contribution in [0.5, 0.6) is 0 Å². The lowest BCUT2D eigenvalue weighted by Gasteiger charge is -2.17. The predicted molar refractivity (Wildman–Crippen MR) is 87.7 cm³/mol. The summed E-state index contributed by atoms with van der Waals surface area (Å²) in [6.45, 7) is 1.92. The molecule has 0 saturated heterocycles. The first-order chi connectivity index (χ1) is 12.5. The fourth-order valence-electron chi connectivity index (χ4n) is 1.99. The number of hydrogen-bond donors (Lipinski definition) is 1. The molecule has 0 saturated carbocycles. The van der Waals surface area contributed by atoms with Gasteiger partial charge in [0.1, 0.15) is 4.88 Å². The van der Waals surface area contributed by atoms with Crippen molar-refractivity contribution in [2.45, 2.75) is 11.8 Å². The Bertz CT molecular complexity index is 964. The molecule has 3 rings (SSSR count). The van der Waals surface area contributed by atoms with Gasteiger partial charge in [0.2, 0.25) is 6.20 Å². The molecule has 0 radical (unpaired) electrons. The normalized spacial score (nSPS) is 11.4. The molecular formula is C16H15ClN2O6S2. The number of rotatable bonds is 4. The molecule has 144 valence electrons. The van der Waals surface area contributed by atoms with E-state index in [1.165, 1.54) is 15.6 Å². The Hall–Kier alpha value is -2.05. The van der Waals surface area contributed by atoms with Crippen LogP contribution in [0.25, 0.3) is 10.4 Å². The average Bonchev–Trinajstić information content (AvgIpc) is 3.02. The molecule has 0 amide bonds. The van der Waals surface area contributed by atoms with Crippen LogP contribution in [0.1, 0.15) is 5.56 Å². The van der Waals surface area contributed by atoms with Crippen molar-refractivity contribution in [1.82, 2.24) is 0 Å². The molecule has 8 nitrogen and oxygen atoms in total. The summed E-state index contributed by atoms with van der Waals surface area (Å²) in [5.41, 5.74) is 2.08. The van der Waals surface area contributed by atoms with Crippen molar-refractivity contribution in [3.8, 4) is 10.4 Å². The number of nitrogens with zero attached hydrogens (tertiary/aromatic N) is 1. The topological polar surface area (TPSA) is 142 Å². The zero-order chi connectivity index (χ0) is 20.1. The quantitative estimate of drug-likeness (QED) is 0.483. The van der Waals surface area contributed by atoms with Crippen LogP contribution >= 0.6 is 11.5 Å². The van der Waals surface area contributed by atoms with Crippen LogP contribution in [0.4, 0.5) is 0 Å². The highest BCUT2D eigenvalue weighted by Gasteiger charge is 2.20. The lowest BCUT2D eigenvalue weighted by atomic mass is 10.2. The maximum absolute atomic E-state index is 12.3.